The summed E-state index contributed by atoms with van der Waals surface area (Å²) in [7, 11) is -2.20. The molecule has 1 aromatic rings. The lowest BCUT2D eigenvalue weighted by Crippen LogP contribution is -2.42. The minimum atomic E-state index is -3.83. The van der Waals surface area contributed by atoms with Crippen LogP contribution < -0.4 is 15.4 Å². The van der Waals surface area contributed by atoms with E-state index >= 15 is 0 Å². The molecule has 1 aromatic carbocycles. The fourth-order valence-corrected chi connectivity index (χ4v) is 4.31. The summed E-state index contributed by atoms with van der Waals surface area (Å²) in [5, 5.41) is 17.0. The van der Waals surface area contributed by atoms with E-state index in [1.807, 2.05) is 0 Å². The molecule has 0 radical (unpaired) electrons. The summed E-state index contributed by atoms with van der Waals surface area (Å²) in [4.78, 5) is 14.1. The molecule has 12 heteroatoms. The van der Waals surface area contributed by atoms with Crippen LogP contribution in [0.25, 0.3) is 0 Å². The Labute approximate surface area is 200 Å². The second kappa shape index (κ2) is 14.5. The summed E-state index contributed by atoms with van der Waals surface area (Å²) in [6, 6.07) is 4.94. The normalized spacial score (nSPS) is 15.6. The molecule has 1 saturated carbocycles. The van der Waals surface area contributed by atoms with Gasteiger partial charge < -0.3 is 15.4 Å². The molecule has 2 rings (SSSR count). The van der Waals surface area contributed by atoms with E-state index in [2.05, 4.69) is 20.3 Å². The van der Waals surface area contributed by atoms with E-state index in [0.29, 0.717) is 31.8 Å². The fraction of sp³-hybridized carbons (Fsp3) is 0.632. The molecule has 1 fully saturated rings. The number of aliphatic imine (C=N–C) groups is 1. The zero-order valence-electron chi connectivity index (χ0n) is 17.7. The summed E-state index contributed by atoms with van der Waals surface area (Å²) < 4.78 is 32.9. The monoisotopic (exact) mass is 569 g/mol. The second-order valence-corrected chi connectivity index (χ2v) is 8.83. The Balaban J connectivity index is 0.00000480. The van der Waals surface area contributed by atoms with Crippen molar-refractivity contribution in [3.05, 3.63) is 34.4 Å². The first-order valence-electron chi connectivity index (χ1n) is 10.2. The van der Waals surface area contributed by atoms with E-state index in [0.717, 1.165) is 18.9 Å². The summed E-state index contributed by atoms with van der Waals surface area (Å²) in [5.74, 6) is 0.550. The third kappa shape index (κ3) is 10.1. The van der Waals surface area contributed by atoms with Crippen molar-refractivity contribution in [1.29, 1.82) is 0 Å². The Hall–Kier alpha value is -1.51. The molecular weight excluding hydrogens is 537 g/mol. The van der Waals surface area contributed by atoms with Crippen molar-refractivity contribution in [3.63, 3.8) is 0 Å². The van der Waals surface area contributed by atoms with Crippen LogP contribution in [0.4, 0.5) is 5.69 Å². The van der Waals surface area contributed by atoms with Gasteiger partial charge in [0.1, 0.15) is 0 Å². The maximum atomic E-state index is 12.3. The van der Waals surface area contributed by atoms with E-state index in [-0.39, 0.29) is 41.1 Å². The van der Waals surface area contributed by atoms with E-state index in [1.54, 1.807) is 7.05 Å². The molecule has 0 aliphatic heterocycles. The number of guanidine groups is 1. The maximum absolute atomic E-state index is 12.3. The Kier molecular flexibility index (Phi) is 12.9. The SMILES string of the molecule is CN=C(NCCNS(=O)(=O)c1cccc([N+](=O)[O-])c1)NCCOC1CCCCCC1.I. The van der Waals surface area contributed by atoms with E-state index in [9.17, 15) is 18.5 Å². The largest absolute Gasteiger partial charge is 0.376 e. The number of nitrogens with zero attached hydrogens (tertiary/aromatic N) is 2. The van der Waals surface area contributed by atoms with Gasteiger partial charge in [0.05, 0.1) is 22.5 Å². The van der Waals surface area contributed by atoms with Crippen LogP contribution in [0.5, 0.6) is 0 Å². The molecule has 0 atom stereocenters. The van der Waals surface area contributed by atoms with Crippen molar-refractivity contribution in [3.8, 4) is 0 Å². The van der Waals surface area contributed by atoms with Gasteiger partial charge in [0, 0.05) is 38.8 Å². The van der Waals surface area contributed by atoms with Crippen LogP contribution in [0.2, 0.25) is 0 Å². The Morgan fingerprint density at radius 2 is 1.84 bits per heavy atom. The molecule has 3 N–H and O–H groups in total. The molecule has 176 valence electrons. The van der Waals surface area contributed by atoms with Gasteiger partial charge in [-0.3, -0.25) is 15.1 Å². The number of hydrogen-bond donors (Lipinski definition) is 3. The van der Waals surface area contributed by atoms with Crippen molar-refractivity contribution in [2.45, 2.75) is 49.5 Å². The van der Waals surface area contributed by atoms with E-state index in [4.69, 9.17) is 4.74 Å². The highest BCUT2D eigenvalue weighted by molar-refractivity contribution is 14.0. The van der Waals surface area contributed by atoms with Gasteiger partial charge in [-0.15, -0.1) is 24.0 Å². The molecule has 10 nitrogen and oxygen atoms in total. The highest BCUT2D eigenvalue weighted by Gasteiger charge is 2.17. The number of ether oxygens (including phenoxy) is 1. The smallest absolute Gasteiger partial charge is 0.270 e. The first-order valence-corrected chi connectivity index (χ1v) is 11.7. The van der Waals surface area contributed by atoms with Crippen LogP contribution in [0.1, 0.15) is 38.5 Å². The Bertz CT molecular complexity index is 814. The molecule has 0 unspecified atom stereocenters. The lowest BCUT2D eigenvalue weighted by molar-refractivity contribution is -0.385. The molecule has 31 heavy (non-hydrogen) atoms. The number of nitrogens with one attached hydrogen (secondary N) is 3. The van der Waals surface area contributed by atoms with E-state index < -0.39 is 14.9 Å². The predicted octanol–water partition coefficient (Wildman–Crippen LogP) is 2.40. The third-order valence-electron chi connectivity index (χ3n) is 4.82. The van der Waals surface area contributed by atoms with E-state index in [1.165, 1.54) is 43.9 Å². The zero-order chi connectivity index (χ0) is 21.8. The van der Waals surface area contributed by atoms with Crippen LogP contribution in [0, 0.1) is 10.1 Å². The zero-order valence-corrected chi connectivity index (χ0v) is 20.9. The average molecular weight is 569 g/mol. The van der Waals surface area contributed by atoms with Gasteiger partial charge in [0.25, 0.3) is 5.69 Å². The molecule has 1 aliphatic rings. The second-order valence-electron chi connectivity index (χ2n) is 7.06. The molecule has 0 amide bonds. The highest BCUT2D eigenvalue weighted by atomic mass is 127. The van der Waals surface area contributed by atoms with Gasteiger partial charge in [0.15, 0.2) is 5.96 Å². The van der Waals surface area contributed by atoms with Crippen molar-refractivity contribution in [1.82, 2.24) is 15.4 Å². The van der Waals surface area contributed by atoms with Gasteiger partial charge in [-0.2, -0.15) is 0 Å². The quantitative estimate of drug-likeness (QED) is 0.0749. The van der Waals surface area contributed by atoms with Crippen molar-refractivity contribution in [2.24, 2.45) is 4.99 Å². The number of rotatable bonds is 10. The molecule has 0 heterocycles. The number of benzene rings is 1. The number of nitro benzene ring substituents is 1. The summed E-state index contributed by atoms with van der Waals surface area (Å²) in [5.41, 5.74) is -0.272. The lowest BCUT2D eigenvalue weighted by atomic mass is 10.1. The molecule has 0 saturated heterocycles. The van der Waals surface area contributed by atoms with Gasteiger partial charge in [-0.05, 0) is 18.9 Å². The van der Waals surface area contributed by atoms with Crippen molar-refractivity contribution < 1.29 is 18.1 Å². The highest BCUT2D eigenvalue weighted by Crippen LogP contribution is 2.19. The number of hydrogen-bond acceptors (Lipinski definition) is 6. The summed E-state index contributed by atoms with van der Waals surface area (Å²) in [6.07, 6.45) is 7.63. The number of halogens is 1. The molecule has 0 bridgehead atoms. The Morgan fingerprint density at radius 1 is 1.16 bits per heavy atom. The van der Waals surface area contributed by atoms with Gasteiger partial charge in [-0.1, -0.05) is 31.7 Å². The van der Waals surface area contributed by atoms with Gasteiger partial charge >= 0.3 is 0 Å². The Morgan fingerprint density at radius 3 is 2.48 bits per heavy atom. The number of nitro groups is 1. The summed E-state index contributed by atoms with van der Waals surface area (Å²) in [6.45, 7) is 1.60. The number of sulfonamides is 1. The van der Waals surface area contributed by atoms with Crippen molar-refractivity contribution >= 4 is 45.6 Å². The molecule has 0 aromatic heterocycles. The maximum Gasteiger partial charge on any atom is 0.270 e. The molecule has 0 spiro atoms. The van der Waals surface area contributed by atoms with Crippen LogP contribution >= 0.6 is 24.0 Å². The van der Waals surface area contributed by atoms with Crippen LogP contribution in [-0.4, -0.2) is 58.7 Å². The first kappa shape index (κ1) is 27.5. The predicted molar refractivity (Wildman–Crippen MR) is 131 cm³/mol. The fourth-order valence-electron chi connectivity index (χ4n) is 3.24. The molecule has 1 aliphatic carbocycles. The first-order chi connectivity index (χ1) is 14.4. The minimum Gasteiger partial charge on any atom is -0.376 e. The van der Waals surface area contributed by atoms with Gasteiger partial charge in [-0.25, -0.2) is 13.1 Å². The lowest BCUT2D eigenvalue weighted by Gasteiger charge is -2.17. The van der Waals surface area contributed by atoms with Crippen LogP contribution in [-0.2, 0) is 14.8 Å². The standard InChI is InChI=1S/C19H31N5O5S.HI/c1-20-19(22-13-14-29-17-8-4-2-3-5-9-17)21-11-12-23-30(27,28)18-10-6-7-16(15-18)24(25)26;/h6-7,10,15,17,23H,2-5,8-9,11-14H2,1H3,(H2,20,21,22);1H. The minimum absolute atomic E-state index is 0. The summed E-state index contributed by atoms with van der Waals surface area (Å²) >= 11 is 0. The van der Waals surface area contributed by atoms with Crippen molar-refractivity contribution in [2.75, 3.05) is 33.3 Å². The van der Waals surface area contributed by atoms with Crippen LogP contribution in [0.3, 0.4) is 0 Å². The third-order valence-corrected chi connectivity index (χ3v) is 6.28. The van der Waals surface area contributed by atoms with Crippen LogP contribution in [0.15, 0.2) is 34.2 Å². The topological polar surface area (TPSA) is 135 Å². The van der Waals surface area contributed by atoms with Gasteiger partial charge in [0.2, 0.25) is 10.0 Å². The molecular formula is C19H32IN5O5S. The average Bonchev–Trinajstić information content (AvgIpc) is 3.01. The number of non-ortho nitro benzene ring substituents is 1.